The highest BCUT2D eigenvalue weighted by molar-refractivity contribution is 9.10. The summed E-state index contributed by atoms with van der Waals surface area (Å²) in [7, 11) is -3.74. The van der Waals surface area contributed by atoms with Gasteiger partial charge in [0.25, 0.3) is 10.0 Å². The molecule has 23 heavy (non-hydrogen) atoms. The number of sulfonamides is 1. The molecule has 7 heteroatoms. The van der Waals surface area contributed by atoms with Crippen LogP contribution in [0.2, 0.25) is 0 Å². The second-order valence-corrected chi connectivity index (χ2v) is 7.64. The Bertz CT molecular complexity index is 760. The van der Waals surface area contributed by atoms with E-state index in [2.05, 4.69) is 15.9 Å². The van der Waals surface area contributed by atoms with Crippen LogP contribution in [0.5, 0.6) is 0 Å². The van der Waals surface area contributed by atoms with E-state index in [-0.39, 0.29) is 24.3 Å². The average molecular weight is 398 g/mol. The van der Waals surface area contributed by atoms with Crippen LogP contribution in [0.4, 0.5) is 5.69 Å². The van der Waals surface area contributed by atoms with E-state index < -0.39 is 16.0 Å². The van der Waals surface area contributed by atoms with E-state index in [4.69, 9.17) is 5.11 Å². The summed E-state index contributed by atoms with van der Waals surface area (Å²) in [5.41, 5.74) is 0.502. The Morgan fingerprint density at radius 2 is 1.65 bits per heavy atom. The summed E-state index contributed by atoms with van der Waals surface area (Å²) >= 11 is 3.32. The molecule has 0 aliphatic heterocycles. The molecule has 0 unspecified atom stereocenters. The maximum atomic E-state index is 12.9. The summed E-state index contributed by atoms with van der Waals surface area (Å²) in [6.45, 7) is 0.102. The van der Waals surface area contributed by atoms with Crippen molar-refractivity contribution in [2.45, 2.75) is 17.7 Å². The highest BCUT2D eigenvalue weighted by Gasteiger charge is 2.24. The molecule has 0 spiro atoms. The first-order valence-electron chi connectivity index (χ1n) is 6.96. The predicted molar refractivity (Wildman–Crippen MR) is 92.0 cm³/mol. The number of rotatable bonds is 7. The summed E-state index contributed by atoms with van der Waals surface area (Å²) in [6, 6.07) is 15.0. The molecule has 0 atom stereocenters. The molecule has 0 bridgehead atoms. The number of aliphatic carboxylic acids is 1. The van der Waals surface area contributed by atoms with Crippen LogP contribution in [-0.2, 0) is 14.8 Å². The summed E-state index contributed by atoms with van der Waals surface area (Å²) in [4.78, 5) is 10.9. The molecule has 0 aromatic heterocycles. The molecule has 2 aromatic rings. The minimum absolute atomic E-state index is 0.0860. The first-order chi connectivity index (χ1) is 10.9. The Kier molecular flexibility index (Phi) is 5.79. The predicted octanol–water partition coefficient (Wildman–Crippen LogP) is 3.51. The van der Waals surface area contributed by atoms with Crippen LogP contribution in [0, 0.1) is 0 Å². The number of carbonyl (C=O) groups is 1. The van der Waals surface area contributed by atoms with E-state index in [1.165, 1.54) is 16.4 Å². The molecule has 0 saturated heterocycles. The van der Waals surface area contributed by atoms with Crippen molar-refractivity contribution in [2.24, 2.45) is 0 Å². The van der Waals surface area contributed by atoms with Gasteiger partial charge in [0, 0.05) is 17.4 Å². The van der Waals surface area contributed by atoms with Gasteiger partial charge in [0.05, 0.1) is 10.6 Å². The van der Waals surface area contributed by atoms with Crippen LogP contribution < -0.4 is 4.31 Å². The summed E-state index contributed by atoms with van der Waals surface area (Å²) in [5, 5.41) is 8.78. The molecule has 2 aromatic carbocycles. The van der Waals surface area contributed by atoms with Crippen molar-refractivity contribution in [3.63, 3.8) is 0 Å². The smallest absolute Gasteiger partial charge is 0.303 e. The second kappa shape index (κ2) is 7.61. The van der Waals surface area contributed by atoms with Gasteiger partial charge >= 0.3 is 5.97 Å². The van der Waals surface area contributed by atoms with Gasteiger partial charge in [-0.1, -0.05) is 34.1 Å². The van der Waals surface area contributed by atoms with Crippen LogP contribution in [0.25, 0.3) is 0 Å². The lowest BCUT2D eigenvalue weighted by molar-refractivity contribution is -0.137. The van der Waals surface area contributed by atoms with Crippen LogP contribution in [-0.4, -0.2) is 26.0 Å². The molecule has 5 nitrogen and oxygen atoms in total. The fourth-order valence-electron chi connectivity index (χ4n) is 2.09. The fraction of sp³-hybridized carbons (Fsp3) is 0.188. The highest BCUT2D eigenvalue weighted by Crippen LogP contribution is 2.25. The first-order valence-corrected chi connectivity index (χ1v) is 9.20. The van der Waals surface area contributed by atoms with E-state index in [1.54, 1.807) is 42.5 Å². The quantitative estimate of drug-likeness (QED) is 0.775. The molecule has 0 aliphatic rings. The van der Waals surface area contributed by atoms with Crippen LogP contribution in [0.3, 0.4) is 0 Å². The van der Waals surface area contributed by atoms with Gasteiger partial charge in [0.1, 0.15) is 0 Å². The Morgan fingerprint density at radius 1 is 1.04 bits per heavy atom. The third kappa shape index (κ3) is 4.56. The molecule has 0 saturated carbocycles. The van der Waals surface area contributed by atoms with Crippen LogP contribution in [0.1, 0.15) is 12.8 Å². The van der Waals surface area contributed by atoms with Crippen molar-refractivity contribution < 1.29 is 18.3 Å². The number of halogens is 1. The molecule has 122 valence electrons. The number of anilines is 1. The number of carboxylic acids is 1. The number of hydrogen-bond donors (Lipinski definition) is 1. The van der Waals surface area contributed by atoms with Gasteiger partial charge < -0.3 is 5.11 Å². The zero-order valence-electron chi connectivity index (χ0n) is 12.2. The zero-order chi connectivity index (χ0) is 16.9. The minimum Gasteiger partial charge on any atom is -0.481 e. The Morgan fingerprint density at radius 3 is 2.22 bits per heavy atom. The van der Waals surface area contributed by atoms with Crippen LogP contribution in [0.15, 0.2) is 64.0 Å². The maximum Gasteiger partial charge on any atom is 0.303 e. The van der Waals surface area contributed by atoms with Crippen molar-refractivity contribution in [1.29, 1.82) is 0 Å². The monoisotopic (exact) mass is 397 g/mol. The number of hydrogen-bond acceptors (Lipinski definition) is 3. The van der Waals surface area contributed by atoms with E-state index in [9.17, 15) is 13.2 Å². The third-order valence-corrected chi connectivity index (χ3v) is 5.57. The molecule has 0 aliphatic carbocycles. The van der Waals surface area contributed by atoms with Crippen molar-refractivity contribution in [3.05, 3.63) is 59.1 Å². The largest absolute Gasteiger partial charge is 0.481 e. The van der Waals surface area contributed by atoms with Gasteiger partial charge in [0.2, 0.25) is 0 Å². The van der Waals surface area contributed by atoms with E-state index in [1.807, 2.05) is 0 Å². The molecular formula is C16H16BrNO4S. The van der Waals surface area contributed by atoms with E-state index in [0.29, 0.717) is 5.69 Å². The maximum absolute atomic E-state index is 12.9. The van der Waals surface area contributed by atoms with Gasteiger partial charge in [-0.15, -0.1) is 0 Å². The standard InChI is InChI=1S/C16H16BrNO4S/c17-13-8-10-14(11-9-13)18(12-4-7-16(19)20)23(21,22)15-5-2-1-3-6-15/h1-3,5-6,8-11H,4,7,12H2,(H,19,20). The number of carboxylic acid groups (broad SMARTS) is 1. The highest BCUT2D eigenvalue weighted by atomic mass is 79.9. The number of benzene rings is 2. The topological polar surface area (TPSA) is 74.7 Å². The normalized spacial score (nSPS) is 11.2. The SMILES string of the molecule is O=C(O)CCCN(c1ccc(Br)cc1)S(=O)(=O)c1ccccc1. The fourth-order valence-corrected chi connectivity index (χ4v) is 3.88. The lowest BCUT2D eigenvalue weighted by Crippen LogP contribution is -2.32. The molecule has 1 N–H and O–H groups in total. The Hall–Kier alpha value is -1.86. The molecule has 0 amide bonds. The van der Waals surface area contributed by atoms with Crippen molar-refractivity contribution in [3.8, 4) is 0 Å². The number of nitrogens with zero attached hydrogens (tertiary/aromatic N) is 1. The second-order valence-electron chi connectivity index (χ2n) is 4.86. The average Bonchev–Trinajstić information content (AvgIpc) is 2.53. The van der Waals surface area contributed by atoms with Crippen LogP contribution >= 0.6 is 15.9 Å². The van der Waals surface area contributed by atoms with Gasteiger partial charge in [-0.3, -0.25) is 9.10 Å². The Labute approximate surface area is 143 Å². The van der Waals surface area contributed by atoms with Gasteiger partial charge in [-0.05, 0) is 42.8 Å². The van der Waals surface area contributed by atoms with Gasteiger partial charge in [-0.25, -0.2) is 8.42 Å². The van der Waals surface area contributed by atoms with Crippen molar-refractivity contribution >= 4 is 37.6 Å². The minimum atomic E-state index is -3.74. The Balaban J connectivity index is 2.36. The van der Waals surface area contributed by atoms with Crippen molar-refractivity contribution in [1.82, 2.24) is 0 Å². The summed E-state index contributed by atoms with van der Waals surface area (Å²) in [6.07, 6.45) is 0.148. The molecule has 0 heterocycles. The summed E-state index contributed by atoms with van der Waals surface area (Å²) < 4.78 is 27.8. The molecule has 0 fully saturated rings. The summed E-state index contributed by atoms with van der Waals surface area (Å²) in [5.74, 6) is -0.946. The molecule has 0 radical (unpaired) electrons. The third-order valence-electron chi connectivity index (χ3n) is 3.20. The lowest BCUT2D eigenvalue weighted by Gasteiger charge is -2.24. The molecular weight excluding hydrogens is 382 g/mol. The van der Waals surface area contributed by atoms with E-state index in [0.717, 1.165) is 4.47 Å². The van der Waals surface area contributed by atoms with Gasteiger partial charge in [0.15, 0.2) is 0 Å². The van der Waals surface area contributed by atoms with Crippen molar-refractivity contribution in [2.75, 3.05) is 10.8 Å². The van der Waals surface area contributed by atoms with Gasteiger partial charge in [-0.2, -0.15) is 0 Å². The first kappa shape index (κ1) is 17.5. The van der Waals surface area contributed by atoms with E-state index >= 15 is 0 Å². The lowest BCUT2D eigenvalue weighted by atomic mass is 10.3. The molecule has 2 rings (SSSR count). The zero-order valence-corrected chi connectivity index (χ0v) is 14.6.